The zero-order valence-electron chi connectivity index (χ0n) is 8.88. The first kappa shape index (κ1) is 11.0. The van der Waals surface area contributed by atoms with Crippen LogP contribution in [0.25, 0.3) is 0 Å². The Hall–Kier alpha value is -0.120. The van der Waals surface area contributed by atoms with Gasteiger partial charge in [0, 0.05) is 13.2 Å². The Balaban J connectivity index is 1.90. The maximum Gasteiger partial charge on any atom is 0.0915 e. The normalized spacial score (nSPS) is 27.7. The average Bonchev–Trinajstić information content (AvgIpc) is 2.00. The Labute approximate surface area is 80.7 Å². The Morgan fingerprint density at radius 2 is 2.00 bits per heavy atom. The first-order valence-corrected chi connectivity index (χ1v) is 5.10. The van der Waals surface area contributed by atoms with Gasteiger partial charge in [-0.05, 0) is 24.7 Å². The van der Waals surface area contributed by atoms with Crippen LogP contribution in [0, 0.1) is 11.8 Å². The van der Waals surface area contributed by atoms with Gasteiger partial charge in [-0.15, -0.1) is 0 Å². The predicted octanol–water partition coefficient (Wildman–Crippen LogP) is 1.59. The van der Waals surface area contributed by atoms with Crippen LogP contribution in [0.2, 0.25) is 0 Å². The number of hydrogen-bond donors (Lipinski definition) is 1. The quantitative estimate of drug-likeness (QED) is 0.506. The summed E-state index contributed by atoms with van der Waals surface area (Å²) in [6.45, 7) is 5.87. The molecule has 0 unspecified atom stereocenters. The van der Waals surface area contributed by atoms with Gasteiger partial charge in [0.15, 0.2) is 0 Å². The van der Waals surface area contributed by atoms with Gasteiger partial charge >= 0.3 is 0 Å². The summed E-state index contributed by atoms with van der Waals surface area (Å²) in [4.78, 5) is 5.23. The minimum Gasteiger partial charge on any atom is -0.382 e. The van der Waals surface area contributed by atoms with E-state index in [1.165, 1.54) is 12.8 Å². The fourth-order valence-corrected chi connectivity index (χ4v) is 1.60. The van der Waals surface area contributed by atoms with Crippen LogP contribution in [-0.2, 0) is 9.57 Å². The lowest BCUT2D eigenvalue weighted by Gasteiger charge is -2.37. The van der Waals surface area contributed by atoms with Gasteiger partial charge < -0.3 is 4.74 Å². The molecule has 1 aliphatic carbocycles. The minimum atomic E-state index is 0.573. The first-order valence-electron chi connectivity index (χ1n) is 5.10. The van der Waals surface area contributed by atoms with Gasteiger partial charge in [0.1, 0.15) is 0 Å². The summed E-state index contributed by atoms with van der Waals surface area (Å²) in [7, 11) is 1.68. The van der Waals surface area contributed by atoms with Gasteiger partial charge in [-0.2, -0.15) is 5.48 Å². The molecule has 0 aromatic heterocycles. The molecule has 0 amide bonds. The highest BCUT2D eigenvalue weighted by atomic mass is 16.7. The molecule has 0 spiro atoms. The van der Waals surface area contributed by atoms with E-state index < -0.39 is 0 Å². The van der Waals surface area contributed by atoms with Crippen molar-refractivity contribution in [2.24, 2.45) is 11.8 Å². The average molecular weight is 187 g/mol. The lowest BCUT2D eigenvalue weighted by atomic mass is 9.74. The zero-order valence-corrected chi connectivity index (χ0v) is 8.88. The third kappa shape index (κ3) is 3.63. The van der Waals surface area contributed by atoms with Crippen molar-refractivity contribution >= 4 is 0 Å². The highest BCUT2D eigenvalue weighted by Crippen LogP contribution is 2.33. The van der Waals surface area contributed by atoms with E-state index >= 15 is 0 Å². The minimum absolute atomic E-state index is 0.573. The summed E-state index contributed by atoms with van der Waals surface area (Å²) < 4.78 is 4.87. The number of nitrogens with one attached hydrogen (secondary N) is 1. The molecule has 0 aromatic carbocycles. The molecule has 1 aliphatic rings. The number of ether oxygens (including phenoxy) is 1. The third-order valence-corrected chi connectivity index (χ3v) is 2.76. The van der Waals surface area contributed by atoms with Crippen LogP contribution < -0.4 is 5.48 Å². The van der Waals surface area contributed by atoms with Crippen molar-refractivity contribution in [1.29, 1.82) is 0 Å². The molecule has 0 radical (unpaired) electrons. The molecule has 1 rings (SSSR count). The van der Waals surface area contributed by atoms with E-state index in [2.05, 4.69) is 19.3 Å². The summed E-state index contributed by atoms with van der Waals surface area (Å²) in [5, 5.41) is 0. The largest absolute Gasteiger partial charge is 0.382 e. The molecule has 3 heteroatoms. The summed E-state index contributed by atoms with van der Waals surface area (Å²) in [6.07, 6.45) is 2.51. The molecule has 1 N–H and O–H groups in total. The van der Waals surface area contributed by atoms with Crippen LogP contribution in [-0.4, -0.2) is 26.4 Å². The van der Waals surface area contributed by atoms with Crippen LogP contribution in [0.5, 0.6) is 0 Å². The first-order chi connectivity index (χ1) is 6.24. The van der Waals surface area contributed by atoms with Gasteiger partial charge in [-0.1, -0.05) is 13.8 Å². The van der Waals surface area contributed by atoms with Crippen LogP contribution in [0.15, 0.2) is 0 Å². The van der Waals surface area contributed by atoms with E-state index in [1.54, 1.807) is 7.11 Å². The van der Waals surface area contributed by atoms with E-state index in [1.807, 2.05) is 0 Å². The Morgan fingerprint density at radius 1 is 1.31 bits per heavy atom. The molecular weight excluding hydrogens is 166 g/mol. The van der Waals surface area contributed by atoms with E-state index in [9.17, 15) is 0 Å². The van der Waals surface area contributed by atoms with Crippen molar-refractivity contribution in [3.05, 3.63) is 0 Å². The number of hydrogen-bond acceptors (Lipinski definition) is 3. The predicted molar refractivity (Wildman–Crippen MR) is 52.3 cm³/mol. The van der Waals surface area contributed by atoms with Crippen LogP contribution >= 0.6 is 0 Å². The van der Waals surface area contributed by atoms with Crippen molar-refractivity contribution in [2.75, 3.05) is 20.3 Å². The van der Waals surface area contributed by atoms with Gasteiger partial charge in [-0.3, -0.25) is 4.84 Å². The zero-order chi connectivity index (χ0) is 9.68. The third-order valence-electron chi connectivity index (χ3n) is 2.76. The Morgan fingerprint density at radius 3 is 2.54 bits per heavy atom. The number of methoxy groups -OCH3 is 1. The fraction of sp³-hybridized carbons (Fsp3) is 1.00. The molecule has 78 valence electrons. The molecule has 0 saturated heterocycles. The SMILES string of the molecule is COCCONC1CC(C(C)C)C1. The second kappa shape index (κ2) is 5.58. The maximum absolute atomic E-state index is 5.23. The van der Waals surface area contributed by atoms with Crippen molar-refractivity contribution in [2.45, 2.75) is 32.7 Å². The molecule has 0 bridgehead atoms. The van der Waals surface area contributed by atoms with Crippen LogP contribution in [0.3, 0.4) is 0 Å². The maximum atomic E-state index is 5.23. The van der Waals surface area contributed by atoms with Crippen molar-refractivity contribution < 1.29 is 9.57 Å². The monoisotopic (exact) mass is 187 g/mol. The standard InChI is InChI=1S/C10H21NO2/c1-8(2)9-6-10(7-9)11-13-5-4-12-3/h8-11H,4-7H2,1-3H3. The molecule has 0 atom stereocenters. The van der Waals surface area contributed by atoms with E-state index in [4.69, 9.17) is 9.57 Å². The van der Waals surface area contributed by atoms with Crippen molar-refractivity contribution in [1.82, 2.24) is 5.48 Å². The lowest BCUT2D eigenvalue weighted by molar-refractivity contribution is -0.0428. The molecule has 3 nitrogen and oxygen atoms in total. The second-order valence-electron chi connectivity index (χ2n) is 4.13. The molecule has 1 saturated carbocycles. The number of rotatable bonds is 6. The summed E-state index contributed by atoms with van der Waals surface area (Å²) in [5.74, 6) is 1.71. The van der Waals surface area contributed by atoms with E-state index in [0.717, 1.165) is 11.8 Å². The van der Waals surface area contributed by atoms with Gasteiger partial charge in [0.2, 0.25) is 0 Å². The molecule has 0 heterocycles. The fourth-order valence-electron chi connectivity index (χ4n) is 1.60. The molecule has 0 aliphatic heterocycles. The second-order valence-corrected chi connectivity index (χ2v) is 4.13. The van der Waals surface area contributed by atoms with Crippen LogP contribution in [0.4, 0.5) is 0 Å². The molecule has 0 aromatic rings. The topological polar surface area (TPSA) is 30.5 Å². The molecule has 1 fully saturated rings. The smallest absolute Gasteiger partial charge is 0.0915 e. The van der Waals surface area contributed by atoms with Gasteiger partial charge in [0.05, 0.1) is 13.2 Å². The van der Waals surface area contributed by atoms with Gasteiger partial charge in [-0.25, -0.2) is 0 Å². The highest BCUT2D eigenvalue weighted by Gasteiger charge is 2.30. The summed E-state index contributed by atoms with van der Waals surface area (Å²) >= 11 is 0. The van der Waals surface area contributed by atoms with Crippen molar-refractivity contribution in [3.8, 4) is 0 Å². The van der Waals surface area contributed by atoms with E-state index in [0.29, 0.717) is 19.3 Å². The molecule has 13 heavy (non-hydrogen) atoms. The van der Waals surface area contributed by atoms with E-state index in [-0.39, 0.29) is 0 Å². The van der Waals surface area contributed by atoms with Gasteiger partial charge in [0.25, 0.3) is 0 Å². The highest BCUT2D eigenvalue weighted by molar-refractivity contribution is 4.84. The van der Waals surface area contributed by atoms with Crippen molar-refractivity contribution in [3.63, 3.8) is 0 Å². The number of hydroxylamine groups is 1. The van der Waals surface area contributed by atoms with Crippen LogP contribution in [0.1, 0.15) is 26.7 Å². The summed E-state index contributed by atoms with van der Waals surface area (Å²) in [5.41, 5.74) is 3.06. The Kier molecular flexibility index (Phi) is 4.70. The summed E-state index contributed by atoms with van der Waals surface area (Å²) in [6, 6.07) is 0.573. The Bertz CT molecular complexity index is 133. The molecular formula is C10H21NO2. The lowest BCUT2D eigenvalue weighted by Crippen LogP contribution is -2.43.